The predicted octanol–water partition coefficient (Wildman–Crippen LogP) is 2.46. The zero-order chi connectivity index (χ0) is 15.7. The first kappa shape index (κ1) is 14.8. The van der Waals surface area contributed by atoms with Crippen LogP contribution in [0.4, 0.5) is 4.39 Å². The monoisotopic (exact) mass is 302 g/mol. The molecule has 0 aliphatic heterocycles. The first-order valence-corrected chi connectivity index (χ1v) is 7.42. The average Bonchev–Trinajstić information content (AvgIpc) is 3.22. The van der Waals surface area contributed by atoms with Crippen molar-refractivity contribution in [3.63, 3.8) is 0 Å². The average molecular weight is 302 g/mol. The van der Waals surface area contributed by atoms with Crippen LogP contribution in [0.25, 0.3) is 5.69 Å². The number of carbonyl (C=O) groups excluding carboxylic acids is 1. The van der Waals surface area contributed by atoms with Crippen LogP contribution < -0.4 is 0 Å². The molecule has 1 aromatic carbocycles. The van der Waals surface area contributed by atoms with E-state index in [0.29, 0.717) is 17.2 Å². The fourth-order valence-corrected chi connectivity index (χ4v) is 2.56. The van der Waals surface area contributed by atoms with Crippen molar-refractivity contribution >= 4 is 5.91 Å². The summed E-state index contributed by atoms with van der Waals surface area (Å²) in [6.07, 6.45) is 5.04. The molecule has 1 unspecified atom stereocenters. The number of aromatic nitrogens is 1. The molecule has 1 heterocycles. The van der Waals surface area contributed by atoms with E-state index in [1.807, 2.05) is 12.1 Å². The Hall–Kier alpha value is -2.14. The largest absolute Gasteiger partial charge is 0.391 e. The summed E-state index contributed by atoms with van der Waals surface area (Å²) >= 11 is 0. The lowest BCUT2D eigenvalue weighted by Gasteiger charge is -2.21. The Balaban J connectivity index is 1.73. The van der Waals surface area contributed by atoms with Gasteiger partial charge in [-0.05, 0) is 49.1 Å². The Kier molecular flexibility index (Phi) is 3.98. The first-order chi connectivity index (χ1) is 10.6. The molecular formula is C17H19FN2O2. The molecule has 4 nitrogen and oxygen atoms in total. The minimum Gasteiger partial charge on any atom is -0.391 e. The second kappa shape index (κ2) is 5.93. The highest BCUT2D eigenvalue weighted by molar-refractivity contribution is 5.94. The number of carbonyl (C=O) groups is 1. The van der Waals surface area contributed by atoms with Crippen molar-refractivity contribution in [2.75, 3.05) is 13.6 Å². The summed E-state index contributed by atoms with van der Waals surface area (Å²) in [5, 5.41) is 9.91. The third kappa shape index (κ3) is 3.04. The Morgan fingerprint density at radius 2 is 2.09 bits per heavy atom. The lowest BCUT2D eigenvalue weighted by Crippen LogP contribution is -2.35. The molecule has 1 N–H and O–H groups in total. The van der Waals surface area contributed by atoms with Crippen LogP contribution >= 0.6 is 0 Å². The molecule has 1 atom stereocenters. The van der Waals surface area contributed by atoms with E-state index in [2.05, 4.69) is 0 Å². The van der Waals surface area contributed by atoms with E-state index in [9.17, 15) is 14.3 Å². The number of rotatable bonds is 5. The number of amides is 1. The van der Waals surface area contributed by atoms with Crippen LogP contribution in [-0.4, -0.2) is 40.2 Å². The SMILES string of the molecule is CN(CC(O)C1CC1)C(=O)c1ccc(-n2cccc2)c(F)c1. The normalized spacial score (nSPS) is 15.6. The summed E-state index contributed by atoms with van der Waals surface area (Å²) in [6, 6.07) is 8.07. The molecule has 116 valence electrons. The fraction of sp³-hybridized carbons (Fsp3) is 0.353. The van der Waals surface area contributed by atoms with Crippen LogP contribution in [0.15, 0.2) is 42.7 Å². The summed E-state index contributed by atoms with van der Waals surface area (Å²) in [7, 11) is 1.63. The molecule has 0 radical (unpaired) electrons. The number of halogens is 1. The molecule has 1 aromatic heterocycles. The number of benzene rings is 1. The molecule has 22 heavy (non-hydrogen) atoms. The molecular weight excluding hydrogens is 283 g/mol. The third-order valence-electron chi connectivity index (χ3n) is 4.05. The van der Waals surface area contributed by atoms with Crippen LogP contribution in [0.2, 0.25) is 0 Å². The van der Waals surface area contributed by atoms with Crippen LogP contribution in [0.1, 0.15) is 23.2 Å². The molecule has 1 aliphatic rings. The first-order valence-electron chi connectivity index (χ1n) is 7.42. The number of aliphatic hydroxyl groups excluding tert-OH is 1. The van der Waals surface area contributed by atoms with Gasteiger partial charge in [-0.15, -0.1) is 0 Å². The molecule has 1 fully saturated rings. The molecule has 2 aromatic rings. The van der Waals surface area contributed by atoms with E-state index in [-0.39, 0.29) is 12.5 Å². The summed E-state index contributed by atoms with van der Waals surface area (Å²) < 4.78 is 15.9. The number of hydrogen-bond donors (Lipinski definition) is 1. The maximum atomic E-state index is 14.2. The zero-order valence-electron chi connectivity index (χ0n) is 12.4. The highest BCUT2D eigenvalue weighted by atomic mass is 19.1. The predicted molar refractivity (Wildman–Crippen MR) is 81.4 cm³/mol. The zero-order valence-corrected chi connectivity index (χ0v) is 12.4. The van der Waals surface area contributed by atoms with E-state index < -0.39 is 11.9 Å². The van der Waals surface area contributed by atoms with Crippen molar-refractivity contribution in [3.8, 4) is 5.69 Å². The van der Waals surface area contributed by atoms with E-state index in [0.717, 1.165) is 12.8 Å². The Morgan fingerprint density at radius 1 is 1.41 bits per heavy atom. The van der Waals surface area contributed by atoms with Gasteiger partial charge in [0.05, 0.1) is 11.8 Å². The van der Waals surface area contributed by atoms with Gasteiger partial charge in [-0.3, -0.25) is 4.79 Å². The molecule has 1 aliphatic carbocycles. The van der Waals surface area contributed by atoms with E-state index in [4.69, 9.17) is 0 Å². The number of aliphatic hydroxyl groups is 1. The summed E-state index contributed by atoms with van der Waals surface area (Å²) in [5.74, 6) is -0.418. The van der Waals surface area contributed by atoms with Crippen molar-refractivity contribution < 1.29 is 14.3 Å². The van der Waals surface area contributed by atoms with E-state index in [1.54, 1.807) is 36.1 Å². The minimum atomic E-state index is -0.488. The van der Waals surface area contributed by atoms with Crippen molar-refractivity contribution in [3.05, 3.63) is 54.1 Å². The van der Waals surface area contributed by atoms with Gasteiger partial charge in [0, 0.05) is 31.5 Å². The van der Waals surface area contributed by atoms with Crippen LogP contribution in [0, 0.1) is 11.7 Å². The van der Waals surface area contributed by atoms with Gasteiger partial charge in [0.25, 0.3) is 5.91 Å². The Morgan fingerprint density at radius 3 is 2.68 bits per heavy atom. The highest BCUT2D eigenvalue weighted by Gasteiger charge is 2.31. The van der Waals surface area contributed by atoms with Crippen LogP contribution in [0.3, 0.4) is 0 Å². The molecule has 0 bridgehead atoms. The summed E-state index contributed by atoms with van der Waals surface area (Å²) in [4.78, 5) is 13.8. The smallest absolute Gasteiger partial charge is 0.253 e. The fourth-order valence-electron chi connectivity index (χ4n) is 2.56. The molecule has 5 heteroatoms. The quantitative estimate of drug-likeness (QED) is 0.922. The van der Waals surface area contributed by atoms with Crippen molar-refractivity contribution in [1.82, 2.24) is 9.47 Å². The molecule has 1 amide bonds. The summed E-state index contributed by atoms with van der Waals surface area (Å²) in [6.45, 7) is 0.282. The molecule has 0 spiro atoms. The lowest BCUT2D eigenvalue weighted by atomic mass is 10.1. The third-order valence-corrected chi connectivity index (χ3v) is 4.05. The standard InChI is InChI=1S/C17H19FN2O2/c1-19(11-16(21)12-4-5-12)17(22)13-6-7-15(14(18)10-13)20-8-2-3-9-20/h2-3,6-10,12,16,21H,4-5,11H2,1H3. The van der Waals surface area contributed by atoms with Crippen LogP contribution in [-0.2, 0) is 0 Å². The van der Waals surface area contributed by atoms with E-state index >= 15 is 0 Å². The van der Waals surface area contributed by atoms with Gasteiger partial charge in [0.1, 0.15) is 5.82 Å². The van der Waals surface area contributed by atoms with Gasteiger partial charge in [-0.25, -0.2) is 4.39 Å². The maximum Gasteiger partial charge on any atom is 0.253 e. The second-order valence-electron chi connectivity index (χ2n) is 5.85. The van der Waals surface area contributed by atoms with Gasteiger partial charge in [0.2, 0.25) is 0 Å². The number of likely N-dealkylation sites (N-methyl/N-ethyl adjacent to an activating group) is 1. The Labute approximate surface area is 128 Å². The lowest BCUT2D eigenvalue weighted by molar-refractivity contribution is 0.0645. The van der Waals surface area contributed by atoms with E-state index in [1.165, 1.54) is 11.0 Å². The van der Waals surface area contributed by atoms with Gasteiger partial charge >= 0.3 is 0 Å². The minimum absolute atomic E-state index is 0.280. The number of hydrogen-bond acceptors (Lipinski definition) is 2. The molecule has 0 saturated heterocycles. The molecule has 3 rings (SSSR count). The van der Waals surface area contributed by atoms with Crippen molar-refractivity contribution in [2.45, 2.75) is 18.9 Å². The van der Waals surface area contributed by atoms with Gasteiger partial charge in [-0.1, -0.05) is 0 Å². The summed E-state index contributed by atoms with van der Waals surface area (Å²) in [5.41, 5.74) is 0.695. The highest BCUT2D eigenvalue weighted by Crippen LogP contribution is 2.32. The second-order valence-corrected chi connectivity index (χ2v) is 5.85. The topological polar surface area (TPSA) is 45.5 Å². The van der Waals surface area contributed by atoms with Gasteiger partial charge in [0.15, 0.2) is 0 Å². The molecule has 1 saturated carbocycles. The number of nitrogens with zero attached hydrogens (tertiary/aromatic N) is 2. The maximum absolute atomic E-state index is 14.2. The van der Waals surface area contributed by atoms with Gasteiger partial charge in [-0.2, -0.15) is 0 Å². The van der Waals surface area contributed by atoms with Crippen molar-refractivity contribution in [2.24, 2.45) is 5.92 Å². The Bertz CT molecular complexity index is 665. The van der Waals surface area contributed by atoms with Gasteiger partial charge < -0.3 is 14.6 Å². The van der Waals surface area contributed by atoms with Crippen LogP contribution in [0.5, 0.6) is 0 Å². The van der Waals surface area contributed by atoms with Crippen molar-refractivity contribution in [1.29, 1.82) is 0 Å².